The molecule has 0 saturated carbocycles. The van der Waals surface area contributed by atoms with E-state index in [2.05, 4.69) is 84.5 Å². The molecule has 0 saturated heterocycles. The lowest BCUT2D eigenvalue weighted by Crippen LogP contribution is -2.35. The van der Waals surface area contributed by atoms with E-state index in [0.29, 0.717) is 17.1 Å². The van der Waals surface area contributed by atoms with Crippen molar-refractivity contribution in [3.05, 3.63) is 144 Å². The largest absolute Gasteiger partial charge is 0.491 e. The molecule has 1 aliphatic carbocycles. The van der Waals surface area contributed by atoms with Crippen molar-refractivity contribution in [2.75, 3.05) is 52.7 Å². The molecule has 0 fully saturated rings. The summed E-state index contributed by atoms with van der Waals surface area (Å²) in [6.45, 7) is 11.0. The summed E-state index contributed by atoms with van der Waals surface area (Å²) >= 11 is 0. The van der Waals surface area contributed by atoms with Crippen LogP contribution in [-0.4, -0.2) is 82.3 Å². The molecule has 1 atom stereocenters. The lowest BCUT2D eigenvalue weighted by molar-refractivity contribution is -0.142. The number of hydrogen-bond acceptors (Lipinski definition) is 11. The highest BCUT2D eigenvalue weighted by Gasteiger charge is 2.45. The third kappa shape index (κ3) is 10.2. The second-order valence-corrected chi connectivity index (χ2v) is 12.7. The molecule has 12 heteroatoms. The smallest absolute Gasteiger partial charge is 0.407 e. The van der Waals surface area contributed by atoms with Crippen LogP contribution in [0, 0.1) is 0 Å². The number of carbonyl (C=O) groups excluding carboxylic acids is 3. The second kappa shape index (κ2) is 19.4. The standard InChI is InChI=1S/C43H46N2O10/c1-29(2)39(46)52-23-21-44-41(48)54-27-25-50-33-17-13-31(14-18-33)43(37-11-7-5-9-35(37)36-10-6-8-12-38(36)43)32-15-19-34(20-16-32)51-26-28-55-42(49)45-22-24-53-40(47)30(3)4/h5-20,41,44,48H,1,3,21-28H2,2,4H3,(H,45,49). The van der Waals surface area contributed by atoms with Crippen LogP contribution >= 0.6 is 0 Å². The molecule has 1 unspecified atom stereocenters. The summed E-state index contributed by atoms with van der Waals surface area (Å²) < 4.78 is 32.3. The molecule has 4 aromatic rings. The number of nitrogens with one attached hydrogen (secondary N) is 2. The van der Waals surface area contributed by atoms with Crippen molar-refractivity contribution in [3.63, 3.8) is 0 Å². The maximum absolute atomic E-state index is 12.0. The van der Waals surface area contributed by atoms with E-state index in [-0.39, 0.29) is 58.3 Å². The Morgan fingerprint density at radius 1 is 0.618 bits per heavy atom. The van der Waals surface area contributed by atoms with E-state index < -0.39 is 29.9 Å². The lowest BCUT2D eigenvalue weighted by atomic mass is 9.68. The van der Waals surface area contributed by atoms with Gasteiger partial charge in [0.1, 0.15) is 44.5 Å². The molecular weight excluding hydrogens is 704 g/mol. The first-order valence-electron chi connectivity index (χ1n) is 17.9. The number of carbonyl (C=O) groups is 3. The molecule has 55 heavy (non-hydrogen) atoms. The maximum atomic E-state index is 12.0. The molecule has 0 heterocycles. The van der Waals surface area contributed by atoms with Gasteiger partial charge in [0, 0.05) is 17.7 Å². The van der Waals surface area contributed by atoms with Gasteiger partial charge in [0.15, 0.2) is 0 Å². The molecule has 4 aromatic carbocycles. The summed E-state index contributed by atoms with van der Waals surface area (Å²) in [5, 5.41) is 15.3. The Balaban J connectivity index is 1.21. The summed E-state index contributed by atoms with van der Waals surface area (Å²) in [7, 11) is 0. The quantitative estimate of drug-likeness (QED) is 0.0298. The number of esters is 2. The maximum Gasteiger partial charge on any atom is 0.407 e. The first-order chi connectivity index (χ1) is 26.6. The second-order valence-electron chi connectivity index (χ2n) is 12.7. The van der Waals surface area contributed by atoms with E-state index in [1.165, 1.54) is 0 Å². The highest BCUT2D eigenvalue weighted by molar-refractivity contribution is 5.88. The van der Waals surface area contributed by atoms with Gasteiger partial charge in [-0.2, -0.15) is 0 Å². The molecule has 0 bridgehead atoms. The molecule has 0 aromatic heterocycles. The van der Waals surface area contributed by atoms with Crippen molar-refractivity contribution in [2.45, 2.75) is 25.7 Å². The van der Waals surface area contributed by atoms with Crippen LogP contribution < -0.4 is 20.1 Å². The molecule has 5 rings (SSSR count). The minimum Gasteiger partial charge on any atom is -0.491 e. The summed E-state index contributed by atoms with van der Waals surface area (Å²) in [6, 6.07) is 32.7. The zero-order chi connectivity index (χ0) is 39.2. The van der Waals surface area contributed by atoms with Crippen LogP contribution in [-0.2, 0) is 34.0 Å². The van der Waals surface area contributed by atoms with Gasteiger partial charge in [0.25, 0.3) is 0 Å². The predicted molar refractivity (Wildman–Crippen MR) is 206 cm³/mol. The summed E-state index contributed by atoms with van der Waals surface area (Å²) in [6.07, 6.45) is -1.88. The number of benzene rings is 4. The summed E-state index contributed by atoms with van der Waals surface area (Å²) in [5.74, 6) is 0.249. The Labute approximate surface area is 320 Å². The van der Waals surface area contributed by atoms with Crippen molar-refractivity contribution in [1.29, 1.82) is 0 Å². The van der Waals surface area contributed by atoms with Crippen molar-refractivity contribution in [3.8, 4) is 22.6 Å². The van der Waals surface area contributed by atoms with Crippen LogP contribution in [0.3, 0.4) is 0 Å². The fourth-order valence-electron chi connectivity index (χ4n) is 6.22. The number of ether oxygens (including phenoxy) is 6. The third-order valence-corrected chi connectivity index (χ3v) is 8.70. The highest BCUT2D eigenvalue weighted by atomic mass is 16.6. The Hall–Kier alpha value is -5.95. The van der Waals surface area contributed by atoms with Crippen molar-refractivity contribution >= 4 is 18.0 Å². The van der Waals surface area contributed by atoms with Gasteiger partial charge in [-0.25, -0.2) is 14.4 Å². The molecule has 0 spiro atoms. The zero-order valence-electron chi connectivity index (χ0n) is 31.0. The minimum atomic E-state index is -1.24. The monoisotopic (exact) mass is 750 g/mol. The van der Waals surface area contributed by atoms with E-state index in [1.54, 1.807) is 13.8 Å². The Morgan fingerprint density at radius 2 is 1.09 bits per heavy atom. The molecule has 288 valence electrons. The van der Waals surface area contributed by atoms with Crippen LogP contribution in [0.4, 0.5) is 4.79 Å². The molecule has 3 N–H and O–H groups in total. The molecule has 0 aliphatic heterocycles. The van der Waals surface area contributed by atoms with E-state index in [1.807, 2.05) is 36.4 Å². The number of alkyl carbamates (subject to hydrolysis) is 1. The van der Waals surface area contributed by atoms with Crippen molar-refractivity contribution < 1.29 is 47.9 Å². The number of hydrogen-bond donors (Lipinski definition) is 3. The topological polar surface area (TPSA) is 151 Å². The van der Waals surface area contributed by atoms with Gasteiger partial charge in [0.05, 0.1) is 18.6 Å². The fourth-order valence-corrected chi connectivity index (χ4v) is 6.22. The number of amides is 1. The van der Waals surface area contributed by atoms with Gasteiger partial charge in [-0.3, -0.25) is 5.32 Å². The molecule has 1 aliphatic rings. The number of aliphatic hydroxyl groups excluding tert-OH is 1. The van der Waals surface area contributed by atoms with Crippen LogP contribution in [0.25, 0.3) is 11.1 Å². The fraction of sp³-hybridized carbons (Fsp3) is 0.279. The van der Waals surface area contributed by atoms with Crippen molar-refractivity contribution in [2.24, 2.45) is 0 Å². The van der Waals surface area contributed by atoms with Crippen molar-refractivity contribution in [1.82, 2.24) is 10.6 Å². The van der Waals surface area contributed by atoms with Gasteiger partial charge >= 0.3 is 18.0 Å². The predicted octanol–water partition coefficient (Wildman–Crippen LogP) is 5.65. The van der Waals surface area contributed by atoms with Crippen LogP contribution in [0.2, 0.25) is 0 Å². The van der Waals surface area contributed by atoms with Crippen LogP contribution in [0.5, 0.6) is 11.5 Å². The summed E-state index contributed by atoms with van der Waals surface area (Å²) in [5.41, 5.74) is 6.64. The third-order valence-electron chi connectivity index (χ3n) is 8.70. The Morgan fingerprint density at radius 3 is 1.60 bits per heavy atom. The lowest BCUT2D eigenvalue weighted by Gasteiger charge is -2.34. The minimum absolute atomic E-state index is 0.0123. The van der Waals surface area contributed by atoms with E-state index in [0.717, 1.165) is 33.4 Å². The van der Waals surface area contributed by atoms with Crippen LogP contribution in [0.15, 0.2) is 121 Å². The number of fused-ring (bicyclic) bond motifs is 3. The van der Waals surface area contributed by atoms with E-state index in [9.17, 15) is 19.5 Å². The summed E-state index contributed by atoms with van der Waals surface area (Å²) in [4.78, 5) is 34.9. The van der Waals surface area contributed by atoms with Gasteiger partial charge < -0.3 is 38.8 Å². The van der Waals surface area contributed by atoms with Gasteiger partial charge in [-0.05, 0) is 71.5 Å². The highest BCUT2D eigenvalue weighted by Crippen LogP contribution is 2.56. The van der Waals surface area contributed by atoms with Crippen LogP contribution in [0.1, 0.15) is 36.1 Å². The van der Waals surface area contributed by atoms with E-state index in [4.69, 9.17) is 28.4 Å². The van der Waals surface area contributed by atoms with Gasteiger partial charge in [-0.1, -0.05) is 86.0 Å². The average Bonchev–Trinajstić information content (AvgIpc) is 3.49. The average molecular weight is 751 g/mol. The Kier molecular flexibility index (Phi) is 14.2. The van der Waals surface area contributed by atoms with Gasteiger partial charge in [-0.15, -0.1) is 0 Å². The molecule has 12 nitrogen and oxygen atoms in total. The van der Waals surface area contributed by atoms with E-state index >= 15 is 0 Å². The Bertz CT molecular complexity index is 1910. The molecular formula is C43H46N2O10. The van der Waals surface area contributed by atoms with Gasteiger partial charge in [0.2, 0.25) is 6.41 Å². The first kappa shape index (κ1) is 40.2. The zero-order valence-corrected chi connectivity index (χ0v) is 31.0. The first-order valence-corrected chi connectivity index (χ1v) is 17.9. The molecule has 1 amide bonds. The molecule has 0 radical (unpaired) electrons. The number of rotatable bonds is 20. The number of aliphatic hydroxyl groups is 1. The normalized spacial score (nSPS) is 12.7. The SMILES string of the molecule is C=C(C)C(=O)OCCNC(=O)OCCOc1ccc(C2(c3ccc(OCCOC(O)NCCOC(=O)C(=C)C)cc3)c3ccccc3-c3ccccc32)cc1.